The van der Waals surface area contributed by atoms with Crippen LogP contribution in [0, 0.1) is 13.8 Å². The minimum absolute atomic E-state index is 0.0619. The number of hydrogen-bond donors (Lipinski definition) is 1. The molecule has 6 nitrogen and oxygen atoms in total. The van der Waals surface area contributed by atoms with Gasteiger partial charge in [-0.3, -0.25) is 14.5 Å². The van der Waals surface area contributed by atoms with Crippen molar-refractivity contribution >= 4 is 40.1 Å². The molecule has 1 fully saturated rings. The zero-order valence-electron chi connectivity index (χ0n) is 17.9. The number of nitrogens with one attached hydrogen (secondary N) is 1. The fourth-order valence-electron chi connectivity index (χ4n) is 3.26. The summed E-state index contributed by atoms with van der Waals surface area (Å²) in [5, 5.41) is 3.05. The number of rotatable bonds is 7. The molecule has 0 radical (unpaired) electrons. The first-order valence-corrected chi connectivity index (χ1v) is 10.8. The van der Waals surface area contributed by atoms with Gasteiger partial charge in [-0.1, -0.05) is 36.0 Å². The summed E-state index contributed by atoms with van der Waals surface area (Å²) >= 11 is 1.37. The van der Waals surface area contributed by atoms with Crippen LogP contribution < -0.4 is 5.32 Å². The smallest absolute Gasteiger partial charge is 0.242 e. The Morgan fingerprint density at radius 1 is 1.13 bits per heavy atom. The Balaban J connectivity index is 1.78. The molecule has 0 bridgehead atoms. The van der Waals surface area contributed by atoms with Crippen LogP contribution in [0.4, 0.5) is 11.4 Å². The highest BCUT2D eigenvalue weighted by Gasteiger charge is 2.39. The zero-order valence-corrected chi connectivity index (χ0v) is 18.7. The summed E-state index contributed by atoms with van der Waals surface area (Å²) in [6, 6.07) is 15.4. The van der Waals surface area contributed by atoms with E-state index in [0.29, 0.717) is 11.7 Å². The van der Waals surface area contributed by atoms with Gasteiger partial charge in [-0.2, -0.15) is 0 Å². The second-order valence-corrected chi connectivity index (χ2v) is 8.93. The molecule has 2 amide bonds. The normalized spacial score (nSPS) is 17.8. The van der Waals surface area contributed by atoms with E-state index >= 15 is 0 Å². The van der Waals surface area contributed by atoms with Gasteiger partial charge < -0.3 is 10.2 Å². The monoisotopic (exact) mass is 424 g/mol. The molecule has 1 heterocycles. The maximum Gasteiger partial charge on any atom is 0.242 e. The summed E-state index contributed by atoms with van der Waals surface area (Å²) in [6.07, 6.45) is 0.114. The van der Waals surface area contributed by atoms with Crippen LogP contribution in [0.15, 0.2) is 53.5 Å². The number of thioether (sulfide) groups is 1. The van der Waals surface area contributed by atoms with E-state index in [2.05, 4.69) is 11.4 Å². The Hall–Kier alpha value is -2.64. The standard InChI is InChI=1S/C23H28N4O2S/c1-16-12-17(2)14-19(13-16)25-23-27(11-10-26(3)4)22(29)20(30-23)15-21(28)24-18-8-6-5-7-9-18/h5-9,12-14,20H,10-11,15H2,1-4H3,(H,24,28)/t20-/m0/s1. The van der Waals surface area contributed by atoms with Crippen LogP contribution >= 0.6 is 11.8 Å². The molecular formula is C23H28N4O2S. The van der Waals surface area contributed by atoms with Gasteiger partial charge in [-0.05, 0) is 63.3 Å². The number of anilines is 1. The Kier molecular flexibility index (Phi) is 7.29. The van der Waals surface area contributed by atoms with Gasteiger partial charge in [-0.15, -0.1) is 0 Å². The molecule has 30 heavy (non-hydrogen) atoms. The van der Waals surface area contributed by atoms with E-state index in [1.165, 1.54) is 11.8 Å². The number of benzene rings is 2. The summed E-state index contributed by atoms with van der Waals surface area (Å²) in [5.74, 6) is -0.236. The van der Waals surface area contributed by atoms with E-state index in [1.807, 2.05) is 75.3 Å². The number of likely N-dealkylation sites (N-methyl/N-ethyl adjacent to an activating group) is 1. The topological polar surface area (TPSA) is 65.0 Å². The van der Waals surface area contributed by atoms with Crippen LogP contribution in [-0.4, -0.2) is 59.2 Å². The van der Waals surface area contributed by atoms with Crippen molar-refractivity contribution in [3.63, 3.8) is 0 Å². The number of carbonyl (C=O) groups is 2. The Labute approximate surface area is 182 Å². The van der Waals surface area contributed by atoms with Crippen molar-refractivity contribution in [1.29, 1.82) is 0 Å². The van der Waals surface area contributed by atoms with Crippen molar-refractivity contribution < 1.29 is 9.59 Å². The predicted octanol–water partition coefficient (Wildman–Crippen LogP) is 3.83. The molecule has 0 unspecified atom stereocenters. The van der Waals surface area contributed by atoms with Crippen molar-refractivity contribution in [3.8, 4) is 0 Å². The molecule has 1 N–H and O–H groups in total. The number of amides is 2. The zero-order chi connectivity index (χ0) is 21.7. The highest BCUT2D eigenvalue weighted by molar-refractivity contribution is 8.15. The second kappa shape index (κ2) is 9.91. The number of nitrogens with zero attached hydrogens (tertiary/aromatic N) is 3. The Bertz CT molecular complexity index is 923. The lowest BCUT2D eigenvalue weighted by Crippen LogP contribution is -2.38. The average Bonchev–Trinajstić information content (AvgIpc) is 2.94. The minimum Gasteiger partial charge on any atom is -0.326 e. The third-order valence-corrected chi connectivity index (χ3v) is 5.83. The van der Waals surface area contributed by atoms with Crippen LogP contribution in [0.5, 0.6) is 0 Å². The van der Waals surface area contributed by atoms with E-state index in [1.54, 1.807) is 4.90 Å². The first-order chi connectivity index (χ1) is 14.3. The van der Waals surface area contributed by atoms with Gasteiger partial charge in [0.1, 0.15) is 5.25 Å². The quantitative estimate of drug-likeness (QED) is 0.734. The van der Waals surface area contributed by atoms with Crippen molar-refractivity contribution in [2.24, 2.45) is 4.99 Å². The second-order valence-electron chi connectivity index (χ2n) is 7.76. The molecular weight excluding hydrogens is 396 g/mol. The summed E-state index contributed by atoms with van der Waals surface area (Å²) in [7, 11) is 3.94. The predicted molar refractivity (Wildman–Crippen MR) is 124 cm³/mol. The van der Waals surface area contributed by atoms with E-state index in [-0.39, 0.29) is 18.2 Å². The summed E-state index contributed by atoms with van der Waals surface area (Å²) in [6.45, 7) is 5.33. The number of para-hydroxylation sites is 1. The first kappa shape index (κ1) is 22.1. The fraction of sp³-hybridized carbons (Fsp3) is 0.348. The number of aliphatic imine (C=N–C) groups is 1. The summed E-state index contributed by atoms with van der Waals surface area (Å²) in [5.41, 5.74) is 3.81. The lowest BCUT2D eigenvalue weighted by atomic mass is 10.1. The van der Waals surface area contributed by atoms with E-state index in [9.17, 15) is 9.59 Å². The van der Waals surface area contributed by atoms with E-state index in [0.717, 1.165) is 29.0 Å². The van der Waals surface area contributed by atoms with Gasteiger partial charge in [0, 0.05) is 25.2 Å². The molecule has 3 rings (SSSR count). The lowest BCUT2D eigenvalue weighted by molar-refractivity contribution is -0.128. The van der Waals surface area contributed by atoms with E-state index in [4.69, 9.17) is 4.99 Å². The Morgan fingerprint density at radius 2 is 1.80 bits per heavy atom. The van der Waals surface area contributed by atoms with E-state index < -0.39 is 5.25 Å². The highest BCUT2D eigenvalue weighted by atomic mass is 32.2. The van der Waals surface area contributed by atoms with Crippen LogP contribution in [0.25, 0.3) is 0 Å². The van der Waals surface area contributed by atoms with Crippen LogP contribution in [0.2, 0.25) is 0 Å². The van der Waals surface area contributed by atoms with Crippen molar-refractivity contribution in [3.05, 3.63) is 59.7 Å². The molecule has 158 valence electrons. The van der Waals surface area contributed by atoms with Crippen molar-refractivity contribution in [1.82, 2.24) is 9.80 Å². The van der Waals surface area contributed by atoms with Gasteiger partial charge in [0.2, 0.25) is 11.8 Å². The average molecular weight is 425 g/mol. The first-order valence-electron chi connectivity index (χ1n) is 9.96. The third kappa shape index (κ3) is 5.93. The van der Waals surface area contributed by atoms with Crippen LogP contribution in [0.3, 0.4) is 0 Å². The third-order valence-electron chi connectivity index (χ3n) is 4.65. The molecule has 1 aliphatic heterocycles. The molecule has 2 aromatic carbocycles. The molecule has 0 aromatic heterocycles. The van der Waals surface area contributed by atoms with Gasteiger partial charge in [0.05, 0.1) is 5.69 Å². The summed E-state index contributed by atoms with van der Waals surface area (Å²) in [4.78, 5) is 34.1. The maximum absolute atomic E-state index is 13.1. The largest absolute Gasteiger partial charge is 0.326 e. The number of carbonyl (C=O) groups excluding carboxylic acids is 2. The fourth-order valence-corrected chi connectivity index (χ4v) is 4.44. The minimum atomic E-state index is -0.472. The van der Waals surface area contributed by atoms with Gasteiger partial charge >= 0.3 is 0 Å². The lowest BCUT2D eigenvalue weighted by Gasteiger charge is -2.19. The number of amidine groups is 1. The maximum atomic E-state index is 13.1. The number of hydrogen-bond acceptors (Lipinski definition) is 5. The molecule has 1 saturated heterocycles. The molecule has 0 spiro atoms. The highest BCUT2D eigenvalue weighted by Crippen LogP contribution is 2.32. The van der Waals surface area contributed by atoms with Gasteiger partial charge in [0.15, 0.2) is 5.17 Å². The molecule has 0 aliphatic carbocycles. The molecule has 2 aromatic rings. The molecule has 1 atom stereocenters. The molecule has 7 heteroatoms. The van der Waals surface area contributed by atoms with Crippen LogP contribution in [-0.2, 0) is 9.59 Å². The molecule has 1 aliphatic rings. The SMILES string of the molecule is Cc1cc(C)cc(N=C2S[C@@H](CC(=O)Nc3ccccc3)C(=O)N2CCN(C)C)c1. The van der Waals surface area contributed by atoms with Gasteiger partial charge in [0.25, 0.3) is 0 Å². The van der Waals surface area contributed by atoms with Crippen molar-refractivity contribution in [2.45, 2.75) is 25.5 Å². The molecule has 0 saturated carbocycles. The van der Waals surface area contributed by atoms with Gasteiger partial charge in [-0.25, -0.2) is 4.99 Å². The Morgan fingerprint density at radius 3 is 2.43 bits per heavy atom. The number of aryl methyl sites for hydroxylation is 2. The summed E-state index contributed by atoms with van der Waals surface area (Å²) < 4.78 is 0. The van der Waals surface area contributed by atoms with Crippen LogP contribution in [0.1, 0.15) is 17.5 Å². The van der Waals surface area contributed by atoms with Crippen molar-refractivity contribution in [2.75, 3.05) is 32.5 Å².